The Balaban J connectivity index is 1.82. The van der Waals surface area contributed by atoms with Crippen LogP contribution >= 0.6 is 11.6 Å². The molecule has 0 fully saturated rings. The fraction of sp³-hybridized carbons (Fsp3) is 0.400. The number of pyridine rings is 1. The predicted molar refractivity (Wildman–Crippen MR) is 251 cm³/mol. The van der Waals surface area contributed by atoms with Gasteiger partial charge in [-0.3, -0.25) is 19.7 Å². The second kappa shape index (κ2) is 22.3. The van der Waals surface area contributed by atoms with Crippen LogP contribution in [-0.4, -0.2) is 124 Å². The number of hydrogen-bond donors (Lipinski definition) is 5. The molecule has 0 aliphatic heterocycles. The molecule has 2 heterocycles. The minimum atomic E-state index is -5.38. The molecule has 2 aromatic heterocycles. The van der Waals surface area contributed by atoms with Gasteiger partial charge in [0.1, 0.15) is 41.9 Å². The second-order valence-corrected chi connectivity index (χ2v) is 20.8. The van der Waals surface area contributed by atoms with Crippen LogP contribution in [0, 0.1) is 34.8 Å². The van der Waals surface area contributed by atoms with Crippen LogP contribution in [-0.2, 0) is 49.9 Å². The van der Waals surface area contributed by atoms with Gasteiger partial charge in [0, 0.05) is 36.2 Å². The summed E-state index contributed by atoms with van der Waals surface area (Å²) in [5.74, 6) is -8.05. The molecular formula is C45H43ClF10N8O8S2. The highest BCUT2D eigenvalue weighted by Gasteiger charge is 2.51. The van der Waals surface area contributed by atoms with Crippen LogP contribution in [0.1, 0.15) is 56.6 Å². The predicted octanol–water partition coefficient (Wildman–Crippen LogP) is 7.68. The van der Waals surface area contributed by atoms with Gasteiger partial charge in [-0.15, -0.1) is 5.10 Å². The maximum atomic E-state index is 15.3. The maximum absolute atomic E-state index is 15.3. The molecule has 0 bridgehead atoms. The van der Waals surface area contributed by atoms with E-state index in [1.54, 1.807) is 0 Å². The SMILES string of the molecule is C[C@H]1CC(F)(F)C(NCC(=O)NC(Cc2cc(F)cc(F)c2)c2nc(C#CC(C)(C)[S+](C)[O-])ccc2-c2ccc(Cl)c3c(N(C(=O)N(C)C(CC(=O)O)C(=O)O)[S+](C)[O-])nn(CC(F)(F)F)c23)=C1C(=N)C(F)(F)F. The van der Waals surface area contributed by atoms with Gasteiger partial charge in [0.15, 0.2) is 4.75 Å². The highest BCUT2D eigenvalue weighted by Crippen LogP contribution is 2.46. The van der Waals surface area contributed by atoms with E-state index in [4.69, 9.17) is 17.0 Å². The van der Waals surface area contributed by atoms with Crippen LogP contribution in [0.4, 0.5) is 54.5 Å². The van der Waals surface area contributed by atoms with E-state index < -0.39 is 176 Å². The highest BCUT2D eigenvalue weighted by molar-refractivity contribution is 7.93. The largest absolute Gasteiger partial charge is 0.615 e. The topological polar surface area (TPSA) is 240 Å². The number of carbonyl (C=O) groups is 4. The lowest BCUT2D eigenvalue weighted by atomic mass is 9.93. The van der Waals surface area contributed by atoms with Crippen molar-refractivity contribution in [1.82, 2.24) is 30.3 Å². The van der Waals surface area contributed by atoms with E-state index in [1.165, 1.54) is 32.2 Å². The number of rotatable bonds is 17. The molecule has 29 heteroatoms. The van der Waals surface area contributed by atoms with Gasteiger partial charge in [0.25, 0.3) is 5.92 Å². The standard InChI is InChI=1S/C45H43ClF10N8O8S2/c1-21-18-43(49,50)38(33(21)37(57)45(54,55)56)58-19-31(65)60-29(15-22-13-23(47)16-24(48)14-22)35-26(8-7-25(59-35)11-12-42(2,3)73(5)71)27-9-10-28(46)34-36(27)63(20-44(51,52)53)61-39(34)64(74(6)72)41(70)62(4)30(40(68)69)17-32(66)67/h7-10,13-14,16,21,29-30,57-58H,15,17-20H2,1-6H3,(H,60,65)(H,66,67)(H,68,69)/t21-,29?,30?,73?,74?/m0/s1. The van der Waals surface area contributed by atoms with Crippen LogP contribution in [0.15, 0.2) is 53.7 Å². The molecule has 0 radical (unpaired) electrons. The number of nitrogens with zero attached hydrogens (tertiary/aromatic N) is 5. The number of nitrogens with one attached hydrogen (secondary N) is 3. The number of carboxylic acid groups (broad SMARTS) is 2. The number of allylic oxidation sites excluding steroid dienone is 2. The van der Waals surface area contributed by atoms with E-state index in [0.717, 1.165) is 44.5 Å². The number of likely N-dealkylation sites (N-methyl/N-ethyl adjacent to an activating group) is 1. The molecule has 5 atom stereocenters. The van der Waals surface area contributed by atoms with Crippen molar-refractivity contribution in [3.05, 3.63) is 87.3 Å². The summed E-state index contributed by atoms with van der Waals surface area (Å²) in [6.45, 7) is 0.786. The van der Waals surface area contributed by atoms with E-state index in [2.05, 4.69) is 27.2 Å². The molecule has 74 heavy (non-hydrogen) atoms. The zero-order valence-electron chi connectivity index (χ0n) is 39.4. The van der Waals surface area contributed by atoms with Crippen molar-refractivity contribution < 1.29 is 82.4 Å². The third-order valence-electron chi connectivity index (χ3n) is 11.3. The maximum Gasteiger partial charge on any atom is 0.433 e. The van der Waals surface area contributed by atoms with Crippen molar-refractivity contribution in [1.29, 1.82) is 5.41 Å². The molecule has 0 saturated heterocycles. The first-order chi connectivity index (χ1) is 34.0. The van der Waals surface area contributed by atoms with Gasteiger partial charge >= 0.3 is 30.3 Å². The lowest BCUT2D eigenvalue weighted by Crippen LogP contribution is -2.51. The highest BCUT2D eigenvalue weighted by atomic mass is 35.5. The van der Waals surface area contributed by atoms with Crippen LogP contribution in [0.2, 0.25) is 5.02 Å². The summed E-state index contributed by atoms with van der Waals surface area (Å²) in [4.78, 5) is 56.5. The first-order valence-corrected chi connectivity index (χ1v) is 24.7. The molecule has 400 valence electrons. The number of aromatic nitrogens is 3. The molecule has 3 amide bonds. The summed E-state index contributed by atoms with van der Waals surface area (Å²) in [6.07, 6.45) is -11.4. The Morgan fingerprint density at radius 1 is 1.01 bits per heavy atom. The number of urea groups is 1. The smallest absolute Gasteiger partial charge is 0.433 e. The number of aliphatic carboxylic acids is 2. The summed E-state index contributed by atoms with van der Waals surface area (Å²) in [7, 11) is 0.811. The van der Waals surface area contributed by atoms with Crippen LogP contribution in [0.25, 0.3) is 22.0 Å². The molecule has 4 aromatic rings. The molecule has 0 saturated carbocycles. The molecule has 2 aromatic carbocycles. The Morgan fingerprint density at radius 3 is 2.16 bits per heavy atom. The average molecular weight is 1110 g/mol. The normalized spacial score (nSPS) is 16.4. The third-order valence-corrected chi connectivity index (χ3v) is 14.0. The number of anilines is 1. The van der Waals surface area contributed by atoms with E-state index in [9.17, 15) is 73.6 Å². The summed E-state index contributed by atoms with van der Waals surface area (Å²) >= 11 is 2.40. The van der Waals surface area contributed by atoms with Gasteiger partial charge in [0.05, 0.1) is 63.9 Å². The Kier molecular flexibility index (Phi) is 17.6. The first-order valence-electron chi connectivity index (χ1n) is 21.3. The molecule has 1 aliphatic rings. The second-order valence-electron chi connectivity index (χ2n) is 17.2. The van der Waals surface area contributed by atoms with Gasteiger partial charge in [-0.2, -0.15) is 35.1 Å². The van der Waals surface area contributed by atoms with Gasteiger partial charge in [0.2, 0.25) is 11.7 Å². The number of halogens is 11. The molecular weight excluding hydrogens is 1070 g/mol. The average Bonchev–Trinajstić information content (AvgIpc) is 3.73. The molecule has 5 N–H and O–H groups in total. The number of carboxylic acids is 2. The van der Waals surface area contributed by atoms with E-state index in [-0.39, 0.29) is 31.4 Å². The molecule has 0 spiro atoms. The number of amides is 3. The van der Waals surface area contributed by atoms with Gasteiger partial charge in [-0.05, 0) is 85.1 Å². The van der Waals surface area contributed by atoms with E-state index >= 15 is 8.78 Å². The number of carbonyl (C=O) groups excluding carboxylic acids is 2. The summed E-state index contributed by atoms with van der Waals surface area (Å²) in [6, 6.07) is 1.28. The van der Waals surface area contributed by atoms with Gasteiger partial charge < -0.3 is 34.9 Å². The van der Waals surface area contributed by atoms with Crippen LogP contribution < -0.4 is 14.9 Å². The minimum absolute atomic E-state index is 0.199. The zero-order chi connectivity index (χ0) is 55.7. The number of benzene rings is 2. The Labute approximate surface area is 425 Å². The van der Waals surface area contributed by atoms with Gasteiger partial charge in [-0.1, -0.05) is 28.9 Å². The van der Waals surface area contributed by atoms with Crippen molar-refractivity contribution in [2.24, 2.45) is 5.92 Å². The van der Waals surface area contributed by atoms with E-state index in [0.29, 0.717) is 11.0 Å². The number of hydrogen-bond acceptors (Lipinski definition) is 10. The number of alkyl halides is 8. The van der Waals surface area contributed by atoms with Crippen LogP contribution in [0.5, 0.6) is 0 Å². The summed E-state index contributed by atoms with van der Waals surface area (Å²) in [5.41, 5.74) is -6.71. The van der Waals surface area contributed by atoms with Crippen LogP contribution in [0.3, 0.4) is 0 Å². The molecule has 5 rings (SSSR count). The summed E-state index contributed by atoms with van der Waals surface area (Å²) < 4.78 is 170. The lowest BCUT2D eigenvalue weighted by molar-refractivity contribution is -0.148. The zero-order valence-corrected chi connectivity index (χ0v) is 41.8. The third kappa shape index (κ3) is 13.5. The Hall–Kier alpha value is -6.28. The van der Waals surface area contributed by atoms with E-state index in [1.807, 2.05) is 5.32 Å². The monoisotopic (exact) mass is 1110 g/mol. The van der Waals surface area contributed by atoms with Crippen molar-refractivity contribution in [3.63, 3.8) is 0 Å². The summed E-state index contributed by atoms with van der Waals surface area (Å²) in [5, 5.41) is 34.1. The first kappa shape index (κ1) is 58.6. The van der Waals surface area contributed by atoms with Crippen molar-refractivity contribution in [2.45, 2.75) is 81.7 Å². The fourth-order valence-electron chi connectivity index (χ4n) is 7.76. The quantitative estimate of drug-likeness (QED) is 0.0297. The Morgan fingerprint density at radius 2 is 1.62 bits per heavy atom. The molecule has 16 nitrogen and oxygen atoms in total. The fourth-order valence-corrected chi connectivity index (χ4v) is 8.91. The van der Waals surface area contributed by atoms with Crippen molar-refractivity contribution in [3.8, 4) is 23.0 Å². The van der Waals surface area contributed by atoms with Crippen molar-refractivity contribution in [2.75, 3.05) is 30.4 Å². The van der Waals surface area contributed by atoms with Crippen molar-refractivity contribution >= 4 is 80.4 Å². The molecule has 1 aliphatic carbocycles. The molecule has 4 unspecified atom stereocenters. The Bertz CT molecular complexity index is 2960. The minimum Gasteiger partial charge on any atom is -0.615 e. The lowest BCUT2D eigenvalue weighted by Gasteiger charge is -2.28. The number of fused-ring (bicyclic) bond motifs is 1. The van der Waals surface area contributed by atoms with Gasteiger partial charge in [-0.25, -0.2) is 23.4 Å².